The number of rotatable bonds is 7. The third kappa shape index (κ3) is 2.73. The van der Waals surface area contributed by atoms with Crippen molar-refractivity contribution >= 4 is 0 Å². The third-order valence-corrected chi connectivity index (χ3v) is 6.37. The number of hydrogen-bond acceptors (Lipinski definition) is 1. The van der Waals surface area contributed by atoms with E-state index in [9.17, 15) is 0 Å². The van der Waals surface area contributed by atoms with Crippen LogP contribution in [0, 0.1) is 23.2 Å². The monoisotopic (exact) mass is 263 g/mol. The van der Waals surface area contributed by atoms with Gasteiger partial charge in [0.05, 0.1) is 0 Å². The van der Waals surface area contributed by atoms with Crippen molar-refractivity contribution in [3.8, 4) is 0 Å². The van der Waals surface area contributed by atoms with E-state index in [1.807, 2.05) is 0 Å². The molecule has 0 spiro atoms. The molecule has 0 amide bonds. The molecule has 0 heterocycles. The van der Waals surface area contributed by atoms with Gasteiger partial charge in [0.2, 0.25) is 0 Å². The van der Waals surface area contributed by atoms with Crippen molar-refractivity contribution in [2.75, 3.05) is 6.54 Å². The molecule has 0 aliphatic heterocycles. The average Bonchev–Trinajstić information content (AvgIpc) is 2.36. The van der Waals surface area contributed by atoms with Crippen LogP contribution >= 0.6 is 0 Å². The molecule has 0 aromatic carbocycles. The van der Waals surface area contributed by atoms with Crippen LogP contribution in [0.3, 0.4) is 0 Å². The van der Waals surface area contributed by atoms with E-state index >= 15 is 0 Å². The summed E-state index contributed by atoms with van der Waals surface area (Å²) in [5, 5.41) is 3.90. The predicted octanol–water partition coefficient (Wildman–Crippen LogP) is 4.76. The molecule has 4 rings (SSSR count). The lowest BCUT2D eigenvalue weighted by Crippen LogP contribution is -2.55. The highest BCUT2D eigenvalue weighted by Gasteiger charge is 2.53. The minimum absolute atomic E-state index is 0.707. The van der Waals surface area contributed by atoms with Crippen LogP contribution in [0.5, 0.6) is 0 Å². The van der Waals surface area contributed by atoms with Crippen LogP contribution in [0.1, 0.15) is 78.1 Å². The van der Waals surface area contributed by atoms with Crippen LogP contribution in [-0.2, 0) is 0 Å². The molecule has 1 N–H and O–H groups in total. The first kappa shape index (κ1) is 13.9. The van der Waals surface area contributed by atoms with Gasteiger partial charge in [-0.2, -0.15) is 0 Å². The summed E-state index contributed by atoms with van der Waals surface area (Å²) in [5.41, 5.74) is 0.707. The Labute approximate surface area is 119 Å². The molecule has 4 aliphatic carbocycles. The molecular weight excluding hydrogens is 230 g/mol. The summed E-state index contributed by atoms with van der Waals surface area (Å²) in [6.07, 6.45) is 15.1. The van der Waals surface area contributed by atoms with E-state index in [1.54, 1.807) is 38.5 Å². The first-order valence-electron chi connectivity index (χ1n) is 8.99. The van der Waals surface area contributed by atoms with Crippen molar-refractivity contribution in [2.24, 2.45) is 23.2 Å². The van der Waals surface area contributed by atoms with E-state index in [0.29, 0.717) is 5.41 Å². The van der Waals surface area contributed by atoms with E-state index in [0.717, 1.165) is 23.8 Å². The molecule has 0 aromatic heterocycles. The maximum Gasteiger partial charge on any atom is 0.0124 e. The van der Waals surface area contributed by atoms with E-state index in [4.69, 9.17) is 0 Å². The zero-order valence-corrected chi connectivity index (χ0v) is 13.1. The highest BCUT2D eigenvalue weighted by molar-refractivity contribution is 5.06. The molecule has 19 heavy (non-hydrogen) atoms. The topological polar surface area (TPSA) is 12.0 Å². The minimum Gasteiger partial charge on any atom is -0.314 e. The van der Waals surface area contributed by atoms with Gasteiger partial charge in [0.1, 0.15) is 0 Å². The van der Waals surface area contributed by atoms with Gasteiger partial charge in [-0.25, -0.2) is 0 Å². The molecular formula is C18H33N. The molecule has 110 valence electrons. The van der Waals surface area contributed by atoms with Gasteiger partial charge in [-0.05, 0) is 74.7 Å². The van der Waals surface area contributed by atoms with Crippen LogP contribution < -0.4 is 5.32 Å². The van der Waals surface area contributed by atoms with Gasteiger partial charge in [-0.15, -0.1) is 0 Å². The first-order valence-corrected chi connectivity index (χ1v) is 8.99. The molecule has 0 aromatic rings. The number of unbranched alkanes of at least 4 members (excludes halogenated alkanes) is 2. The maximum absolute atomic E-state index is 3.90. The quantitative estimate of drug-likeness (QED) is 0.653. The van der Waals surface area contributed by atoms with E-state index in [-0.39, 0.29) is 0 Å². The summed E-state index contributed by atoms with van der Waals surface area (Å²) in [4.78, 5) is 0. The van der Waals surface area contributed by atoms with Crippen LogP contribution in [0.25, 0.3) is 0 Å². The van der Waals surface area contributed by atoms with Crippen LogP contribution in [-0.4, -0.2) is 12.6 Å². The SMILES string of the molecule is CCCCCC(NCC)C12CC3CC(CC(C3)C1)C2. The van der Waals surface area contributed by atoms with Crippen molar-refractivity contribution < 1.29 is 0 Å². The lowest BCUT2D eigenvalue weighted by atomic mass is 9.47. The average molecular weight is 263 g/mol. The Morgan fingerprint density at radius 2 is 1.53 bits per heavy atom. The second kappa shape index (κ2) is 5.76. The Balaban J connectivity index is 1.69. The zero-order valence-electron chi connectivity index (χ0n) is 13.1. The molecule has 4 aliphatic rings. The summed E-state index contributed by atoms with van der Waals surface area (Å²) in [6.45, 7) is 5.79. The third-order valence-electron chi connectivity index (χ3n) is 6.37. The van der Waals surface area contributed by atoms with Crippen molar-refractivity contribution in [1.29, 1.82) is 0 Å². The van der Waals surface area contributed by atoms with Gasteiger partial charge in [0, 0.05) is 6.04 Å². The number of hydrogen-bond donors (Lipinski definition) is 1. The van der Waals surface area contributed by atoms with Crippen molar-refractivity contribution in [2.45, 2.75) is 84.1 Å². The van der Waals surface area contributed by atoms with Crippen molar-refractivity contribution in [1.82, 2.24) is 5.32 Å². The van der Waals surface area contributed by atoms with Gasteiger partial charge in [-0.3, -0.25) is 0 Å². The first-order chi connectivity index (χ1) is 9.25. The summed E-state index contributed by atoms with van der Waals surface area (Å²) < 4.78 is 0. The summed E-state index contributed by atoms with van der Waals surface area (Å²) in [7, 11) is 0. The highest BCUT2D eigenvalue weighted by atomic mass is 14.9. The van der Waals surface area contributed by atoms with Gasteiger partial charge in [0.15, 0.2) is 0 Å². The van der Waals surface area contributed by atoms with Crippen molar-refractivity contribution in [3.63, 3.8) is 0 Å². The molecule has 0 saturated heterocycles. The fourth-order valence-corrected chi connectivity index (χ4v) is 6.07. The Kier molecular flexibility index (Phi) is 4.22. The molecule has 4 bridgehead atoms. The highest BCUT2D eigenvalue weighted by Crippen LogP contribution is 2.61. The lowest BCUT2D eigenvalue weighted by molar-refractivity contribution is -0.0752. The molecule has 4 fully saturated rings. The number of nitrogens with one attached hydrogen (secondary N) is 1. The van der Waals surface area contributed by atoms with Crippen LogP contribution in [0.2, 0.25) is 0 Å². The Hall–Kier alpha value is -0.0400. The van der Waals surface area contributed by atoms with Crippen LogP contribution in [0.4, 0.5) is 0 Å². The Bertz CT molecular complexity index is 261. The van der Waals surface area contributed by atoms with E-state index in [1.165, 1.54) is 32.2 Å². The second-order valence-corrected chi connectivity index (χ2v) is 7.89. The van der Waals surface area contributed by atoms with Gasteiger partial charge in [0.25, 0.3) is 0 Å². The smallest absolute Gasteiger partial charge is 0.0124 e. The van der Waals surface area contributed by atoms with Gasteiger partial charge < -0.3 is 5.32 Å². The molecule has 1 nitrogen and oxygen atoms in total. The fourth-order valence-electron chi connectivity index (χ4n) is 6.07. The van der Waals surface area contributed by atoms with E-state index < -0.39 is 0 Å². The van der Waals surface area contributed by atoms with Gasteiger partial charge in [-0.1, -0.05) is 33.1 Å². The lowest BCUT2D eigenvalue weighted by Gasteiger charge is -2.59. The Morgan fingerprint density at radius 3 is 2.00 bits per heavy atom. The van der Waals surface area contributed by atoms with Gasteiger partial charge >= 0.3 is 0 Å². The molecule has 1 atom stereocenters. The summed E-state index contributed by atoms with van der Waals surface area (Å²) in [5.74, 6) is 3.29. The predicted molar refractivity (Wildman–Crippen MR) is 82.2 cm³/mol. The van der Waals surface area contributed by atoms with Crippen LogP contribution in [0.15, 0.2) is 0 Å². The van der Waals surface area contributed by atoms with E-state index in [2.05, 4.69) is 19.2 Å². The maximum atomic E-state index is 3.90. The largest absolute Gasteiger partial charge is 0.314 e. The summed E-state index contributed by atoms with van der Waals surface area (Å²) >= 11 is 0. The molecule has 1 heteroatoms. The van der Waals surface area contributed by atoms with Crippen molar-refractivity contribution in [3.05, 3.63) is 0 Å². The minimum atomic E-state index is 0.707. The Morgan fingerprint density at radius 1 is 0.947 bits per heavy atom. The molecule has 0 radical (unpaired) electrons. The molecule has 4 saturated carbocycles. The summed E-state index contributed by atoms with van der Waals surface area (Å²) in [6, 6.07) is 0.831. The zero-order chi connectivity index (χ0) is 13.3. The molecule has 1 unspecified atom stereocenters. The second-order valence-electron chi connectivity index (χ2n) is 7.89. The fraction of sp³-hybridized carbons (Fsp3) is 1.00. The normalized spacial score (nSPS) is 41.7. The standard InChI is InChI=1S/C18H33N/c1-3-5-6-7-17(19-4-2)18-11-14-8-15(12-18)10-16(9-14)13-18/h14-17,19H,3-13H2,1-2H3.